The number of fused-ring (bicyclic) bond motifs is 2. The van der Waals surface area contributed by atoms with Crippen LogP contribution in [-0.4, -0.2) is 42.5 Å². The van der Waals surface area contributed by atoms with Gasteiger partial charge in [-0.05, 0) is 25.0 Å². The van der Waals surface area contributed by atoms with Crippen LogP contribution in [0.2, 0.25) is 0 Å². The molecule has 0 spiro atoms. The summed E-state index contributed by atoms with van der Waals surface area (Å²) in [6, 6.07) is 11.5. The molecule has 1 saturated carbocycles. The fraction of sp³-hybridized carbons (Fsp3) is 0.286. The molecule has 144 valence electrons. The van der Waals surface area contributed by atoms with E-state index in [0.29, 0.717) is 24.8 Å². The number of carbonyl (C=O) groups excluding carboxylic acids is 1. The fourth-order valence-electron chi connectivity index (χ4n) is 3.97. The van der Waals surface area contributed by atoms with Gasteiger partial charge < -0.3 is 14.3 Å². The Bertz CT molecular complexity index is 1220. The number of hydrogen-bond donors (Lipinski definition) is 1. The van der Waals surface area contributed by atoms with Crippen molar-refractivity contribution < 1.29 is 9.21 Å². The lowest BCUT2D eigenvalue weighted by molar-refractivity contribution is 0.0644. The third-order valence-corrected chi connectivity index (χ3v) is 5.64. The van der Waals surface area contributed by atoms with Crippen LogP contribution in [0.25, 0.3) is 10.9 Å². The number of pyridine rings is 1. The maximum Gasteiger partial charge on any atom is 0.312 e. The van der Waals surface area contributed by atoms with Crippen LogP contribution >= 0.6 is 0 Å². The summed E-state index contributed by atoms with van der Waals surface area (Å²) >= 11 is 0. The number of aromatic nitrogens is 5. The van der Waals surface area contributed by atoms with Gasteiger partial charge in [0.25, 0.3) is 0 Å². The second-order valence-corrected chi connectivity index (χ2v) is 7.57. The number of para-hydroxylation sites is 1. The van der Waals surface area contributed by atoms with E-state index in [9.17, 15) is 4.79 Å². The normalized spacial score (nSPS) is 18.8. The first kappa shape index (κ1) is 16.4. The number of H-pyrrole nitrogens is 1. The number of rotatable bonds is 3. The quantitative estimate of drug-likeness (QED) is 0.581. The van der Waals surface area contributed by atoms with Gasteiger partial charge in [-0.25, -0.2) is 4.98 Å². The van der Waals surface area contributed by atoms with E-state index in [-0.39, 0.29) is 11.8 Å². The summed E-state index contributed by atoms with van der Waals surface area (Å²) in [5.74, 6) is 0.627. The fourth-order valence-corrected chi connectivity index (χ4v) is 3.97. The Morgan fingerprint density at radius 3 is 2.93 bits per heavy atom. The molecular weight excluding hydrogens is 368 g/mol. The van der Waals surface area contributed by atoms with Crippen molar-refractivity contribution in [2.75, 3.05) is 6.54 Å². The number of imidazole rings is 1. The average Bonchev–Trinajstić information content (AvgIpc) is 3.29. The van der Waals surface area contributed by atoms with E-state index in [4.69, 9.17) is 9.40 Å². The van der Waals surface area contributed by atoms with Crippen LogP contribution in [0.4, 0.5) is 0 Å². The summed E-state index contributed by atoms with van der Waals surface area (Å²) in [6.07, 6.45) is 4.44. The number of carbonyl (C=O) groups is 1. The first-order chi connectivity index (χ1) is 14.3. The Hall–Kier alpha value is -3.55. The van der Waals surface area contributed by atoms with Crippen LogP contribution in [-0.2, 0) is 6.42 Å². The Balaban J connectivity index is 1.43. The van der Waals surface area contributed by atoms with Gasteiger partial charge in [-0.2, -0.15) is 0 Å². The highest BCUT2D eigenvalue weighted by Crippen LogP contribution is 2.39. The molecule has 8 heteroatoms. The van der Waals surface area contributed by atoms with Gasteiger partial charge in [0.05, 0.1) is 23.2 Å². The molecule has 2 aliphatic rings. The van der Waals surface area contributed by atoms with E-state index in [1.54, 1.807) is 11.2 Å². The molecule has 1 aliphatic heterocycles. The topological polar surface area (TPSA) is 101 Å². The second-order valence-electron chi connectivity index (χ2n) is 7.57. The highest BCUT2D eigenvalue weighted by Gasteiger charge is 2.38. The van der Waals surface area contributed by atoms with Crippen LogP contribution in [0.1, 0.15) is 58.5 Å². The van der Waals surface area contributed by atoms with Gasteiger partial charge in [0.15, 0.2) is 0 Å². The molecule has 0 radical (unpaired) electrons. The number of amides is 1. The van der Waals surface area contributed by atoms with Gasteiger partial charge in [0.1, 0.15) is 6.04 Å². The molecule has 3 aromatic heterocycles. The van der Waals surface area contributed by atoms with Gasteiger partial charge in [-0.1, -0.05) is 24.3 Å². The highest BCUT2D eigenvalue weighted by molar-refractivity contribution is 5.90. The van der Waals surface area contributed by atoms with Gasteiger partial charge >= 0.3 is 11.8 Å². The lowest BCUT2D eigenvalue weighted by Crippen LogP contribution is -2.41. The Morgan fingerprint density at radius 2 is 2.03 bits per heavy atom. The van der Waals surface area contributed by atoms with Crippen molar-refractivity contribution in [3.8, 4) is 0 Å². The predicted octanol–water partition coefficient (Wildman–Crippen LogP) is 3.01. The molecule has 1 N–H and O–H groups in total. The van der Waals surface area contributed by atoms with Gasteiger partial charge in [-0.15, -0.1) is 10.2 Å². The van der Waals surface area contributed by atoms with Gasteiger partial charge in [-0.3, -0.25) is 9.78 Å². The number of nitrogens with one attached hydrogen (secondary N) is 1. The molecule has 6 rings (SSSR count). The number of benzene rings is 1. The molecule has 4 aromatic rings. The van der Waals surface area contributed by atoms with E-state index in [1.165, 1.54) is 0 Å². The zero-order chi connectivity index (χ0) is 19.4. The Labute approximate surface area is 166 Å². The monoisotopic (exact) mass is 386 g/mol. The minimum absolute atomic E-state index is 0.0386. The van der Waals surface area contributed by atoms with Crippen molar-refractivity contribution >= 4 is 16.8 Å². The summed E-state index contributed by atoms with van der Waals surface area (Å²) in [7, 11) is 0. The molecule has 1 fully saturated rings. The molecule has 8 nitrogen and oxygen atoms in total. The maximum atomic E-state index is 13.3. The maximum absolute atomic E-state index is 13.3. The molecule has 1 aliphatic carbocycles. The third kappa shape index (κ3) is 2.71. The Morgan fingerprint density at radius 1 is 1.14 bits per heavy atom. The summed E-state index contributed by atoms with van der Waals surface area (Å²) < 4.78 is 5.68. The minimum Gasteiger partial charge on any atom is -0.417 e. The van der Waals surface area contributed by atoms with Crippen LogP contribution < -0.4 is 0 Å². The molecule has 1 amide bonds. The summed E-state index contributed by atoms with van der Waals surface area (Å²) in [5, 5.41) is 9.14. The second kappa shape index (κ2) is 6.23. The SMILES string of the molecule is O=C(c1nnc(C2CC2)o1)N1CCc2[nH]cnc2[C@H]1c1ccc2ccccc2n1. The molecule has 1 aromatic carbocycles. The largest absolute Gasteiger partial charge is 0.417 e. The number of nitrogens with zero attached hydrogens (tertiary/aromatic N) is 5. The van der Waals surface area contributed by atoms with E-state index in [0.717, 1.165) is 40.8 Å². The molecule has 29 heavy (non-hydrogen) atoms. The summed E-state index contributed by atoms with van der Waals surface area (Å²) in [5.41, 5.74) is 3.49. The molecule has 0 saturated heterocycles. The van der Waals surface area contributed by atoms with Crippen LogP contribution in [0.5, 0.6) is 0 Å². The molecular formula is C21H18N6O2. The van der Waals surface area contributed by atoms with E-state index >= 15 is 0 Å². The standard InChI is InChI=1S/C21H18N6O2/c28-21(20-26-25-19(29-20)13-5-6-13)27-10-9-15-17(23-11-22-15)18(27)16-8-7-12-3-1-2-4-14(12)24-16/h1-4,7-8,11,13,18H,5-6,9-10H2,(H,22,23)/t18-/m1/s1. The van der Waals surface area contributed by atoms with Crippen LogP contribution in [0.15, 0.2) is 47.1 Å². The average molecular weight is 386 g/mol. The zero-order valence-corrected chi connectivity index (χ0v) is 15.6. The van der Waals surface area contributed by atoms with Crippen LogP contribution in [0.3, 0.4) is 0 Å². The molecule has 0 bridgehead atoms. The number of hydrogen-bond acceptors (Lipinski definition) is 6. The molecule has 4 heterocycles. The third-order valence-electron chi connectivity index (χ3n) is 5.64. The van der Waals surface area contributed by atoms with Crippen molar-refractivity contribution in [2.24, 2.45) is 0 Å². The lowest BCUT2D eigenvalue weighted by Gasteiger charge is -2.33. The highest BCUT2D eigenvalue weighted by atomic mass is 16.4. The van der Waals surface area contributed by atoms with Crippen LogP contribution in [0, 0.1) is 0 Å². The molecule has 1 atom stereocenters. The van der Waals surface area contributed by atoms with E-state index in [2.05, 4.69) is 20.2 Å². The van der Waals surface area contributed by atoms with Crippen molar-refractivity contribution in [3.05, 3.63) is 71.6 Å². The first-order valence-corrected chi connectivity index (χ1v) is 9.80. The Kier molecular flexibility index (Phi) is 3.53. The van der Waals surface area contributed by atoms with Crippen molar-refractivity contribution in [2.45, 2.75) is 31.2 Å². The zero-order valence-electron chi connectivity index (χ0n) is 15.6. The van der Waals surface area contributed by atoms with Crippen molar-refractivity contribution in [3.63, 3.8) is 0 Å². The lowest BCUT2D eigenvalue weighted by atomic mass is 9.98. The van der Waals surface area contributed by atoms with E-state index in [1.807, 2.05) is 36.4 Å². The number of aromatic amines is 1. The first-order valence-electron chi connectivity index (χ1n) is 9.80. The van der Waals surface area contributed by atoms with Gasteiger partial charge in [0.2, 0.25) is 5.89 Å². The predicted molar refractivity (Wildman–Crippen MR) is 103 cm³/mol. The minimum atomic E-state index is -0.404. The van der Waals surface area contributed by atoms with Crippen molar-refractivity contribution in [1.29, 1.82) is 0 Å². The van der Waals surface area contributed by atoms with Crippen molar-refractivity contribution in [1.82, 2.24) is 30.0 Å². The molecule has 0 unspecified atom stereocenters. The van der Waals surface area contributed by atoms with Gasteiger partial charge in [0, 0.05) is 30.0 Å². The smallest absolute Gasteiger partial charge is 0.312 e. The summed E-state index contributed by atoms with van der Waals surface area (Å²) in [6.45, 7) is 0.522. The van der Waals surface area contributed by atoms with E-state index < -0.39 is 6.04 Å². The summed E-state index contributed by atoms with van der Waals surface area (Å²) in [4.78, 5) is 27.6.